The van der Waals surface area contributed by atoms with Crippen LogP contribution in [0.4, 0.5) is 5.69 Å². The van der Waals surface area contributed by atoms with Crippen LogP contribution in [0, 0.1) is 10.1 Å². The van der Waals surface area contributed by atoms with Gasteiger partial charge >= 0.3 is 0 Å². The van der Waals surface area contributed by atoms with Crippen LogP contribution in [-0.2, 0) is 5.88 Å². The van der Waals surface area contributed by atoms with Gasteiger partial charge in [0.15, 0.2) is 0 Å². The SMILES string of the molecule is O=c1[nH]c(CCl)nc2cccc([N+](=O)[O-])c12. The van der Waals surface area contributed by atoms with Crippen LogP contribution in [0.3, 0.4) is 0 Å². The molecule has 6 nitrogen and oxygen atoms in total. The minimum absolute atomic E-state index is 0.0265. The van der Waals surface area contributed by atoms with E-state index in [2.05, 4.69) is 9.97 Å². The predicted molar refractivity (Wildman–Crippen MR) is 58.6 cm³/mol. The highest BCUT2D eigenvalue weighted by Crippen LogP contribution is 2.20. The molecular weight excluding hydrogens is 234 g/mol. The van der Waals surface area contributed by atoms with E-state index < -0.39 is 10.5 Å². The van der Waals surface area contributed by atoms with Crippen LogP contribution < -0.4 is 5.56 Å². The fourth-order valence-electron chi connectivity index (χ4n) is 1.44. The highest BCUT2D eigenvalue weighted by Gasteiger charge is 2.15. The number of nitrogens with zero attached hydrogens (tertiary/aromatic N) is 2. The Morgan fingerprint density at radius 1 is 1.50 bits per heavy atom. The fourth-order valence-corrected chi connectivity index (χ4v) is 1.56. The van der Waals surface area contributed by atoms with Crippen LogP contribution in [-0.4, -0.2) is 14.9 Å². The van der Waals surface area contributed by atoms with Gasteiger partial charge in [0.05, 0.1) is 16.3 Å². The maximum Gasteiger partial charge on any atom is 0.284 e. The number of hydrogen-bond donors (Lipinski definition) is 1. The largest absolute Gasteiger partial charge is 0.309 e. The predicted octanol–water partition coefficient (Wildman–Crippen LogP) is 1.57. The zero-order valence-corrected chi connectivity index (χ0v) is 8.69. The molecule has 1 aromatic carbocycles. The molecule has 0 atom stereocenters. The van der Waals surface area contributed by atoms with E-state index in [0.29, 0.717) is 5.82 Å². The van der Waals surface area contributed by atoms with E-state index in [4.69, 9.17) is 11.6 Å². The minimum atomic E-state index is -0.611. The number of alkyl halides is 1. The lowest BCUT2D eigenvalue weighted by Crippen LogP contribution is -2.12. The molecule has 1 N–H and O–H groups in total. The Hall–Kier alpha value is -1.95. The number of halogens is 1. The summed E-state index contributed by atoms with van der Waals surface area (Å²) in [5, 5.41) is 10.7. The van der Waals surface area contributed by atoms with Crippen molar-refractivity contribution < 1.29 is 4.92 Å². The van der Waals surface area contributed by atoms with Crippen LogP contribution in [0.2, 0.25) is 0 Å². The van der Waals surface area contributed by atoms with E-state index in [1.807, 2.05) is 0 Å². The van der Waals surface area contributed by atoms with Gasteiger partial charge in [-0.3, -0.25) is 14.9 Å². The summed E-state index contributed by atoms with van der Waals surface area (Å²) >= 11 is 5.54. The number of non-ortho nitro benzene ring substituents is 1. The molecule has 0 saturated heterocycles. The number of benzene rings is 1. The van der Waals surface area contributed by atoms with Crippen LogP contribution in [0.5, 0.6) is 0 Å². The number of hydrogen-bond acceptors (Lipinski definition) is 4. The average Bonchev–Trinajstić information content (AvgIpc) is 2.27. The molecule has 82 valence electrons. The molecule has 0 fully saturated rings. The van der Waals surface area contributed by atoms with Gasteiger partial charge in [-0.1, -0.05) is 6.07 Å². The fraction of sp³-hybridized carbons (Fsp3) is 0.111. The van der Waals surface area contributed by atoms with Crippen molar-refractivity contribution in [1.29, 1.82) is 0 Å². The van der Waals surface area contributed by atoms with Crippen LogP contribution in [0.1, 0.15) is 5.82 Å². The van der Waals surface area contributed by atoms with E-state index in [9.17, 15) is 14.9 Å². The number of aromatic amines is 1. The number of nitro groups is 1. The molecular formula is C9H6ClN3O3. The number of nitrogens with one attached hydrogen (secondary N) is 1. The van der Waals surface area contributed by atoms with E-state index in [1.54, 1.807) is 0 Å². The van der Waals surface area contributed by atoms with Gasteiger partial charge in [0.25, 0.3) is 11.2 Å². The first-order valence-corrected chi connectivity index (χ1v) is 4.89. The maximum absolute atomic E-state index is 11.6. The van der Waals surface area contributed by atoms with Crippen molar-refractivity contribution >= 4 is 28.2 Å². The third-order valence-electron chi connectivity index (χ3n) is 2.08. The van der Waals surface area contributed by atoms with E-state index in [0.717, 1.165) is 0 Å². The average molecular weight is 240 g/mol. The molecule has 1 heterocycles. The lowest BCUT2D eigenvalue weighted by Gasteiger charge is -2.00. The van der Waals surface area contributed by atoms with Crippen molar-refractivity contribution in [3.63, 3.8) is 0 Å². The van der Waals surface area contributed by atoms with Gasteiger partial charge in [-0.2, -0.15) is 0 Å². The second kappa shape index (κ2) is 3.90. The van der Waals surface area contributed by atoms with Gasteiger partial charge in [-0.15, -0.1) is 11.6 Å². The van der Waals surface area contributed by atoms with Crippen LogP contribution in [0.15, 0.2) is 23.0 Å². The quantitative estimate of drug-likeness (QED) is 0.489. The Bertz CT molecular complexity index is 623. The Labute approximate surface area is 94.0 Å². The zero-order valence-electron chi connectivity index (χ0n) is 7.94. The molecule has 7 heteroatoms. The Kier molecular flexibility index (Phi) is 2.57. The van der Waals surface area contributed by atoms with Gasteiger partial charge in [-0.05, 0) is 6.07 Å². The maximum atomic E-state index is 11.6. The minimum Gasteiger partial charge on any atom is -0.309 e. The lowest BCUT2D eigenvalue weighted by molar-refractivity contribution is -0.383. The number of rotatable bonds is 2. The van der Waals surface area contributed by atoms with Gasteiger partial charge in [0.2, 0.25) is 0 Å². The van der Waals surface area contributed by atoms with Crippen molar-refractivity contribution in [1.82, 2.24) is 9.97 Å². The smallest absolute Gasteiger partial charge is 0.284 e. The highest BCUT2D eigenvalue weighted by molar-refractivity contribution is 6.16. The standard InChI is InChI=1S/C9H6ClN3O3/c10-4-7-11-5-2-1-3-6(13(15)16)8(5)9(14)12-7/h1-3H,4H2,(H,11,12,14). The second-order valence-corrected chi connectivity index (χ2v) is 3.34. The van der Waals surface area contributed by atoms with Gasteiger partial charge < -0.3 is 4.98 Å². The summed E-state index contributed by atoms with van der Waals surface area (Å²) in [6, 6.07) is 4.28. The Balaban J connectivity index is 2.89. The van der Waals surface area contributed by atoms with Crippen molar-refractivity contribution in [3.8, 4) is 0 Å². The first-order chi connectivity index (χ1) is 7.63. The molecule has 0 amide bonds. The third-order valence-corrected chi connectivity index (χ3v) is 2.34. The molecule has 2 aromatic rings. The summed E-state index contributed by atoms with van der Waals surface area (Å²) in [6.45, 7) is 0. The van der Waals surface area contributed by atoms with E-state index in [-0.39, 0.29) is 22.5 Å². The molecule has 0 spiro atoms. The van der Waals surface area contributed by atoms with E-state index >= 15 is 0 Å². The molecule has 0 aliphatic carbocycles. The van der Waals surface area contributed by atoms with Crippen molar-refractivity contribution in [3.05, 3.63) is 44.5 Å². The Morgan fingerprint density at radius 2 is 2.25 bits per heavy atom. The summed E-state index contributed by atoms with van der Waals surface area (Å²) in [6.07, 6.45) is 0. The summed E-state index contributed by atoms with van der Waals surface area (Å²) in [5.41, 5.74) is -0.533. The number of nitro benzene ring substituents is 1. The molecule has 2 rings (SSSR count). The molecule has 0 saturated carbocycles. The number of H-pyrrole nitrogens is 1. The van der Waals surface area contributed by atoms with Gasteiger partial charge in [-0.25, -0.2) is 4.98 Å². The Morgan fingerprint density at radius 3 is 2.88 bits per heavy atom. The molecule has 1 aromatic heterocycles. The molecule has 0 unspecified atom stereocenters. The summed E-state index contributed by atoms with van der Waals surface area (Å²) < 4.78 is 0. The summed E-state index contributed by atoms with van der Waals surface area (Å²) in [4.78, 5) is 28.1. The monoisotopic (exact) mass is 239 g/mol. The molecule has 0 radical (unpaired) electrons. The van der Waals surface area contributed by atoms with Gasteiger partial charge in [0.1, 0.15) is 11.2 Å². The summed E-state index contributed by atoms with van der Waals surface area (Å²) in [5.74, 6) is 0.341. The number of fused-ring (bicyclic) bond motifs is 1. The first-order valence-electron chi connectivity index (χ1n) is 4.35. The summed E-state index contributed by atoms with van der Waals surface area (Å²) in [7, 11) is 0. The topological polar surface area (TPSA) is 88.9 Å². The third kappa shape index (κ3) is 1.63. The molecule has 0 bridgehead atoms. The highest BCUT2D eigenvalue weighted by atomic mass is 35.5. The normalized spacial score (nSPS) is 10.6. The van der Waals surface area contributed by atoms with Crippen LogP contribution >= 0.6 is 11.6 Å². The van der Waals surface area contributed by atoms with Crippen LogP contribution in [0.25, 0.3) is 10.9 Å². The second-order valence-electron chi connectivity index (χ2n) is 3.07. The van der Waals surface area contributed by atoms with E-state index in [1.165, 1.54) is 18.2 Å². The van der Waals surface area contributed by atoms with Crippen molar-refractivity contribution in [2.45, 2.75) is 5.88 Å². The van der Waals surface area contributed by atoms with Crippen molar-refractivity contribution in [2.24, 2.45) is 0 Å². The lowest BCUT2D eigenvalue weighted by atomic mass is 10.2. The van der Waals surface area contributed by atoms with Gasteiger partial charge in [0, 0.05) is 6.07 Å². The first kappa shape index (κ1) is 10.6. The molecule has 16 heavy (non-hydrogen) atoms. The van der Waals surface area contributed by atoms with Crippen molar-refractivity contribution in [2.75, 3.05) is 0 Å². The molecule has 0 aliphatic heterocycles. The molecule has 0 aliphatic rings. The number of aromatic nitrogens is 2. The zero-order chi connectivity index (χ0) is 11.7.